The van der Waals surface area contributed by atoms with Gasteiger partial charge in [-0.1, -0.05) is 12.1 Å². The first-order valence-corrected chi connectivity index (χ1v) is 15.6. The molecule has 0 fully saturated rings. The van der Waals surface area contributed by atoms with E-state index in [-0.39, 0.29) is 65.7 Å². The Hall–Kier alpha value is -5.92. The Morgan fingerprint density at radius 3 is 2.39 bits per heavy atom. The van der Waals surface area contributed by atoms with Crippen molar-refractivity contribution in [3.05, 3.63) is 107 Å². The molecule has 2 aliphatic carbocycles. The topological polar surface area (TPSA) is 166 Å². The maximum absolute atomic E-state index is 14.1. The zero-order chi connectivity index (χ0) is 34.9. The minimum Gasteiger partial charge on any atom is -0.507 e. The van der Waals surface area contributed by atoms with Crippen molar-refractivity contribution in [2.45, 2.75) is 44.8 Å². The summed E-state index contributed by atoms with van der Waals surface area (Å²) < 4.78 is 21.4. The molecule has 0 bridgehead atoms. The van der Waals surface area contributed by atoms with Gasteiger partial charge in [0.2, 0.25) is 0 Å². The summed E-state index contributed by atoms with van der Waals surface area (Å²) in [5.41, 5.74) is 1.08. The third-order valence-corrected chi connectivity index (χ3v) is 9.68. The highest BCUT2D eigenvalue weighted by molar-refractivity contribution is 6.23. The van der Waals surface area contributed by atoms with Gasteiger partial charge in [0.25, 0.3) is 5.56 Å². The molecule has 7 rings (SSSR count). The molecule has 1 aliphatic heterocycles. The predicted molar refractivity (Wildman–Crippen MR) is 177 cm³/mol. The maximum Gasteiger partial charge on any atom is 0.347 e. The Bertz CT molecular complexity index is 2400. The average molecular weight is 668 g/mol. The van der Waals surface area contributed by atoms with E-state index in [0.717, 1.165) is 4.57 Å². The van der Waals surface area contributed by atoms with E-state index >= 15 is 0 Å². The third-order valence-electron chi connectivity index (χ3n) is 9.68. The molecule has 4 aromatic rings. The number of allylic oxidation sites excluding steroid dienone is 6. The number of carbonyl (C=O) groups is 2. The molecule has 49 heavy (non-hydrogen) atoms. The average Bonchev–Trinajstić information content (AvgIpc) is 3.34. The molecule has 2 atom stereocenters. The quantitative estimate of drug-likeness (QED) is 0.228. The van der Waals surface area contributed by atoms with Crippen LogP contribution in [0, 0.1) is 0 Å². The highest BCUT2D eigenvalue weighted by Crippen LogP contribution is 2.53. The molecule has 0 amide bonds. The van der Waals surface area contributed by atoms with Gasteiger partial charge in [0.05, 0.1) is 44.9 Å². The number of Topliss-reactive ketones (excluding diaryl/α,β-unsaturated/α-hetero) is 1. The van der Waals surface area contributed by atoms with Crippen LogP contribution >= 0.6 is 0 Å². The van der Waals surface area contributed by atoms with Gasteiger partial charge in [-0.2, -0.15) is 0 Å². The summed E-state index contributed by atoms with van der Waals surface area (Å²) in [5, 5.41) is 11.1. The monoisotopic (exact) mass is 667 g/mol. The van der Waals surface area contributed by atoms with Crippen LogP contribution in [0.3, 0.4) is 0 Å². The Morgan fingerprint density at radius 2 is 1.67 bits per heavy atom. The Kier molecular flexibility index (Phi) is 7.53. The van der Waals surface area contributed by atoms with E-state index < -0.39 is 28.9 Å². The van der Waals surface area contributed by atoms with Crippen molar-refractivity contribution in [2.75, 3.05) is 21.3 Å². The van der Waals surface area contributed by atoms with Gasteiger partial charge in [0, 0.05) is 66.8 Å². The Morgan fingerprint density at radius 1 is 0.959 bits per heavy atom. The molecule has 0 spiro atoms. The molecule has 252 valence electrons. The first-order valence-electron chi connectivity index (χ1n) is 15.6. The van der Waals surface area contributed by atoms with E-state index in [1.54, 1.807) is 44.3 Å². The van der Waals surface area contributed by atoms with Crippen LogP contribution in [0.15, 0.2) is 79.2 Å². The summed E-state index contributed by atoms with van der Waals surface area (Å²) in [6.45, 7) is 1.41. The first-order chi connectivity index (χ1) is 23.5. The Balaban J connectivity index is 1.31. The minimum absolute atomic E-state index is 0.00342. The summed E-state index contributed by atoms with van der Waals surface area (Å²) in [7, 11) is 6.02. The molecule has 3 aliphatic rings. The standard InChI is InChI=1S/C35H33N5O9/c1-17-13-25(42)29-19(32(17)43)14-22-18(30(29)31-24(41)7-6-8-26(31)47-3)9-12-39-34(45)38(35(46)40(22)39)11-10-20-33(44)37(2)23-16-28(49-5)27(48-4)15-21(23)36-20/h6-9,13,15-16,22,30,41H,10-12,14H2,1-5H3/t22-,30+/m1/s1. The van der Waals surface area contributed by atoms with E-state index in [9.17, 15) is 29.1 Å². The predicted octanol–water partition coefficient (Wildman–Crippen LogP) is 2.10. The zero-order valence-corrected chi connectivity index (χ0v) is 27.5. The zero-order valence-electron chi connectivity index (χ0n) is 27.5. The number of nitrogens with zero attached hydrogens (tertiary/aromatic N) is 5. The number of phenolic OH excluding ortho intramolecular Hbond substituents is 1. The van der Waals surface area contributed by atoms with Gasteiger partial charge in [-0.3, -0.25) is 14.4 Å². The van der Waals surface area contributed by atoms with Crippen LogP contribution in [0.2, 0.25) is 0 Å². The summed E-state index contributed by atoms with van der Waals surface area (Å²) in [4.78, 5) is 72.8. The fourth-order valence-electron chi connectivity index (χ4n) is 7.32. The number of fused-ring (bicyclic) bond motifs is 4. The fourth-order valence-corrected chi connectivity index (χ4v) is 7.32. The van der Waals surface area contributed by atoms with Gasteiger partial charge < -0.3 is 23.9 Å². The fraction of sp³-hybridized carbons (Fsp3) is 0.314. The molecular formula is C35H33N5O9. The van der Waals surface area contributed by atoms with Gasteiger partial charge >= 0.3 is 11.4 Å². The van der Waals surface area contributed by atoms with Crippen molar-refractivity contribution in [3.63, 3.8) is 0 Å². The number of carbonyl (C=O) groups excluding carboxylic acids is 2. The van der Waals surface area contributed by atoms with Crippen molar-refractivity contribution >= 4 is 22.6 Å². The second-order valence-corrected chi connectivity index (χ2v) is 12.2. The van der Waals surface area contributed by atoms with Crippen molar-refractivity contribution in [1.29, 1.82) is 0 Å². The van der Waals surface area contributed by atoms with Crippen molar-refractivity contribution < 1.29 is 28.9 Å². The van der Waals surface area contributed by atoms with E-state index in [1.165, 1.54) is 47.4 Å². The van der Waals surface area contributed by atoms with Crippen LogP contribution in [0.4, 0.5) is 0 Å². The lowest BCUT2D eigenvalue weighted by molar-refractivity contribution is -0.116. The summed E-state index contributed by atoms with van der Waals surface area (Å²) in [6, 6.07) is 7.21. The number of aromatic hydroxyl groups is 1. The number of aromatic nitrogens is 5. The van der Waals surface area contributed by atoms with Crippen LogP contribution in [0.1, 0.15) is 36.6 Å². The van der Waals surface area contributed by atoms with E-state index in [1.807, 2.05) is 0 Å². The van der Waals surface area contributed by atoms with Gasteiger partial charge in [0.1, 0.15) is 17.2 Å². The smallest absolute Gasteiger partial charge is 0.347 e. The third kappa shape index (κ3) is 4.69. The lowest BCUT2D eigenvalue weighted by atomic mass is 9.67. The van der Waals surface area contributed by atoms with Gasteiger partial charge in [-0.25, -0.2) is 28.5 Å². The summed E-state index contributed by atoms with van der Waals surface area (Å²) in [5.74, 6) is -0.589. The van der Waals surface area contributed by atoms with Gasteiger partial charge in [0.15, 0.2) is 23.1 Å². The molecule has 14 nitrogen and oxygen atoms in total. The number of hydrogen-bond acceptors (Lipinski definition) is 10. The number of hydrogen-bond donors (Lipinski definition) is 1. The lowest BCUT2D eigenvalue weighted by Gasteiger charge is -2.40. The van der Waals surface area contributed by atoms with E-state index in [4.69, 9.17) is 14.2 Å². The molecule has 0 radical (unpaired) electrons. The van der Waals surface area contributed by atoms with Gasteiger partial charge in [-0.15, -0.1) is 0 Å². The van der Waals surface area contributed by atoms with E-state index in [2.05, 4.69) is 4.98 Å². The van der Waals surface area contributed by atoms with Crippen molar-refractivity contribution in [2.24, 2.45) is 7.05 Å². The molecule has 1 N–H and O–H groups in total. The highest BCUT2D eigenvalue weighted by Gasteiger charge is 2.46. The molecule has 14 heteroatoms. The molecule has 2 aromatic carbocycles. The normalized spacial score (nSPS) is 18.5. The van der Waals surface area contributed by atoms with Gasteiger partial charge in [-0.05, 0) is 30.7 Å². The summed E-state index contributed by atoms with van der Waals surface area (Å²) in [6.07, 6.45) is 3.03. The number of benzene rings is 2. The molecule has 3 heterocycles. The largest absolute Gasteiger partial charge is 0.507 e. The lowest BCUT2D eigenvalue weighted by Crippen LogP contribution is -2.41. The molecule has 0 saturated heterocycles. The maximum atomic E-state index is 14.1. The number of rotatable bonds is 7. The van der Waals surface area contributed by atoms with Crippen LogP contribution in [0.5, 0.6) is 23.0 Å². The number of ketones is 2. The number of methoxy groups -OCH3 is 3. The number of phenols is 1. The van der Waals surface area contributed by atoms with Crippen LogP contribution in [0.25, 0.3) is 11.0 Å². The van der Waals surface area contributed by atoms with Crippen LogP contribution in [-0.4, -0.2) is 61.5 Å². The molecular weight excluding hydrogens is 634 g/mol. The first kappa shape index (κ1) is 31.7. The second kappa shape index (κ2) is 11.6. The van der Waals surface area contributed by atoms with Crippen molar-refractivity contribution in [1.82, 2.24) is 23.5 Å². The second-order valence-electron chi connectivity index (χ2n) is 12.2. The molecule has 0 unspecified atom stereocenters. The van der Waals surface area contributed by atoms with Crippen LogP contribution < -0.4 is 31.1 Å². The van der Waals surface area contributed by atoms with Crippen LogP contribution in [-0.2, 0) is 36.1 Å². The highest BCUT2D eigenvalue weighted by atomic mass is 16.5. The number of ether oxygens (including phenoxy) is 3. The van der Waals surface area contributed by atoms with E-state index in [0.29, 0.717) is 39.4 Å². The number of aryl methyl sites for hydroxylation is 2. The molecule has 2 aromatic heterocycles. The minimum atomic E-state index is -0.912. The molecule has 0 saturated carbocycles. The van der Waals surface area contributed by atoms with Crippen molar-refractivity contribution in [3.8, 4) is 23.0 Å². The Labute approximate surface area is 278 Å². The SMILES string of the molecule is COc1cc2nc(CCn3c(=O)n4n(c3=O)[C@@H]3CC5=C(C(=O)C=C(C)C5=O)[C@@H](c5c(O)cccc5OC)C3=CC4)c(=O)n(C)c2cc1OC. The summed E-state index contributed by atoms with van der Waals surface area (Å²) >= 11 is 0.